The molecule has 0 saturated carbocycles. The molecule has 0 aliphatic heterocycles. The number of fused-ring (bicyclic) bond motifs is 2. The number of nitrogens with zero attached hydrogens (tertiary/aromatic N) is 3. The zero-order valence-corrected chi connectivity index (χ0v) is 19.7. The van der Waals surface area contributed by atoms with Crippen LogP contribution in [-0.2, 0) is 12.8 Å². The van der Waals surface area contributed by atoms with Gasteiger partial charge in [-0.2, -0.15) is 0 Å². The Kier molecular flexibility index (Phi) is 5.71. The van der Waals surface area contributed by atoms with Crippen LogP contribution in [0.1, 0.15) is 29.5 Å². The zero-order valence-electron chi connectivity index (χ0n) is 17.3. The largest absolute Gasteiger partial charge is 0.422 e. The summed E-state index contributed by atoms with van der Waals surface area (Å²) in [6.07, 6.45) is 4.85. The predicted octanol–water partition coefficient (Wildman–Crippen LogP) is 6.20. The SMILES string of the molecule is C/C(=N\c1nnc(CCCc2c[nH]c3ccccc23)s1)c1cc2cc(Br)ccc2oc1=O. The number of aryl methyl sites for hydroxylation is 2. The van der Waals surface area contributed by atoms with Gasteiger partial charge in [-0.15, -0.1) is 10.2 Å². The molecule has 8 heteroatoms. The summed E-state index contributed by atoms with van der Waals surface area (Å²) in [6, 6.07) is 15.6. The molecule has 3 heterocycles. The molecule has 0 atom stereocenters. The van der Waals surface area contributed by atoms with E-state index in [4.69, 9.17) is 4.42 Å². The number of rotatable bonds is 6. The van der Waals surface area contributed by atoms with Gasteiger partial charge >= 0.3 is 5.63 Å². The summed E-state index contributed by atoms with van der Waals surface area (Å²) in [5.41, 5.74) is 3.59. The second-order valence-electron chi connectivity index (χ2n) is 7.52. The Bertz CT molecular complexity index is 1520. The van der Waals surface area contributed by atoms with Crippen LogP contribution in [0.3, 0.4) is 0 Å². The van der Waals surface area contributed by atoms with Crippen LogP contribution in [0.5, 0.6) is 0 Å². The summed E-state index contributed by atoms with van der Waals surface area (Å²) < 4.78 is 6.36. The Morgan fingerprint density at radius 2 is 2.03 bits per heavy atom. The van der Waals surface area contributed by atoms with Crippen molar-refractivity contribution < 1.29 is 4.42 Å². The number of aromatic nitrogens is 3. The first-order chi connectivity index (χ1) is 15.6. The molecule has 3 aromatic heterocycles. The molecule has 5 rings (SSSR count). The fourth-order valence-electron chi connectivity index (χ4n) is 3.71. The van der Waals surface area contributed by atoms with Gasteiger partial charge in [-0.1, -0.05) is 45.5 Å². The molecule has 32 heavy (non-hydrogen) atoms. The highest BCUT2D eigenvalue weighted by Gasteiger charge is 2.11. The minimum atomic E-state index is -0.412. The first-order valence-corrected chi connectivity index (χ1v) is 11.8. The lowest BCUT2D eigenvalue weighted by Gasteiger charge is -2.02. The van der Waals surface area contributed by atoms with Crippen molar-refractivity contribution in [2.75, 3.05) is 0 Å². The van der Waals surface area contributed by atoms with Crippen LogP contribution in [0.15, 0.2) is 73.4 Å². The van der Waals surface area contributed by atoms with Crippen molar-refractivity contribution in [1.82, 2.24) is 15.2 Å². The molecule has 2 aromatic carbocycles. The van der Waals surface area contributed by atoms with Gasteiger partial charge in [-0.25, -0.2) is 9.79 Å². The van der Waals surface area contributed by atoms with Crippen molar-refractivity contribution in [1.29, 1.82) is 0 Å². The Hall–Kier alpha value is -3.10. The van der Waals surface area contributed by atoms with E-state index in [1.807, 2.05) is 18.2 Å². The molecule has 6 nitrogen and oxygen atoms in total. The minimum absolute atomic E-state index is 0.412. The average molecular weight is 507 g/mol. The Morgan fingerprint density at radius 1 is 1.16 bits per heavy atom. The van der Waals surface area contributed by atoms with E-state index < -0.39 is 5.63 Å². The molecule has 0 spiro atoms. The third kappa shape index (κ3) is 4.28. The van der Waals surface area contributed by atoms with Crippen molar-refractivity contribution in [2.45, 2.75) is 26.2 Å². The molecule has 0 saturated heterocycles. The number of benzene rings is 2. The Labute approximate surface area is 196 Å². The molecule has 0 unspecified atom stereocenters. The molecule has 0 amide bonds. The van der Waals surface area contributed by atoms with Gasteiger partial charge in [0.05, 0.1) is 11.3 Å². The number of H-pyrrole nitrogens is 1. The first kappa shape index (κ1) is 20.8. The highest BCUT2D eigenvalue weighted by molar-refractivity contribution is 9.10. The van der Waals surface area contributed by atoms with E-state index in [2.05, 4.69) is 60.5 Å². The van der Waals surface area contributed by atoms with Gasteiger partial charge < -0.3 is 9.40 Å². The highest BCUT2D eigenvalue weighted by Crippen LogP contribution is 2.24. The zero-order chi connectivity index (χ0) is 22.1. The van der Waals surface area contributed by atoms with Gasteiger partial charge in [-0.05, 0) is 55.7 Å². The molecule has 0 bridgehead atoms. The molecule has 0 aliphatic rings. The summed E-state index contributed by atoms with van der Waals surface area (Å²) in [4.78, 5) is 20.2. The van der Waals surface area contributed by atoms with Crippen LogP contribution in [0.25, 0.3) is 21.9 Å². The van der Waals surface area contributed by atoms with E-state index in [-0.39, 0.29) is 0 Å². The second-order valence-corrected chi connectivity index (χ2v) is 9.47. The summed E-state index contributed by atoms with van der Waals surface area (Å²) in [6.45, 7) is 1.79. The van der Waals surface area contributed by atoms with E-state index in [0.717, 1.165) is 39.6 Å². The normalized spacial score (nSPS) is 12.1. The van der Waals surface area contributed by atoms with Crippen LogP contribution < -0.4 is 5.63 Å². The number of aliphatic imine (C=N–C) groups is 1. The molecular weight excluding hydrogens is 488 g/mol. The number of hydrogen-bond acceptors (Lipinski definition) is 6. The monoisotopic (exact) mass is 506 g/mol. The molecule has 0 radical (unpaired) electrons. The second kappa shape index (κ2) is 8.80. The predicted molar refractivity (Wildman–Crippen MR) is 132 cm³/mol. The van der Waals surface area contributed by atoms with Crippen molar-refractivity contribution >= 4 is 60.0 Å². The van der Waals surface area contributed by atoms with E-state index in [0.29, 0.717) is 22.0 Å². The summed E-state index contributed by atoms with van der Waals surface area (Å²) >= 11 is 4.90. The molecule has 5 aromatic rings. The molecule has 160 valence electrons. The van der Waals surface area contributed by atoms with Crippen molar-refractivity contribution in [3.8, 4) is 0 Å². The lowest BCUT2D eigenvalue weighted by molar-refractivity contribution is 0.559. The fourth-order valence-corrected chi connectivity index (χ4v) is 4.89. The highest BCUT2D eigenvalue weighted by atomic mass is 79.9. The summed E-state index contributed by atoms with van der Waals surface area (Å²) in [5.74, 6) is 0. The van der Waals surface area contributed by atoms with Gasteiger partial charge in [0, 0.05) is 33.4 Å². The van der Waals surface area contributed by atoms with Crippen molar-refractivity contribution in [3.05, 3.63) is 85.8 Å². The molecular formula is C24H19BrN4O2S. The number of aromatic amines is 1. The first-order valence-electron chi connectivity index (χ1n) is 10.2. The topological polar surface area (TPSA) is 84.1 Å². The van der Waals surface area contributed by atoms with Gasteiger partial charge in [0.15, 0.2) is 0 Å². The molecule has 0 aliphatic carbocycles. The Morgan fingerprint density at radius 3 is 2.94 bits per heavy atom. The standard InChI is InChI=1S/C24H19BrN4O2S/c1-14(19-12-16-11-17(25)9-10-21(16)31-23(19)30)27-24-29-28-22(32-24)8-4-5-15-13-26-20-7-3-2-6-18(15)20/h2-3,6-7,9-13,26H,4-5,8H2,1H3/b27-14+. The number of para-hydroxylation sites is 1. The van der Waals surface area contributed by atoms with Gasteiger partial charge in [0.1, 0.15) is 10.6 Å². The van der Waals surface area contributed by atoms with Crippen LogP contribution >= 0.6 is 27.3 Å². The number of nitrogens with one attached hydrogen (secondary N) is 1. The summed E-state index contributed by atoms with van der Waals surface area (Å²) in [7, 11) is 0. The smallest absolute Gasteiger partial charge is 0.345 e. The van der Waals surface area contributed by atoms with E-state index in [1.54, 1.807) is 19.1 Å². The lowest BCUT2D eigenvalue weighted by Crippen LogP contribution is -2.11. The van der Waals surface area contributed by atoms with E-state index >= 15 is 0 Å². The molecule has 1 N–H and O–H groups in total. The van der Waals surface area contributed by atoms with Gasteiger partial charge in [0.25, 0.3) is 0 Å². The number of hydrogen-bond donors (Lipinski definition) is 1. The number of halogens is 1. The van der Waals surface area contributed by atoms with Crippen LogP contribution in [0.4, 0.5) is 5.13 Å². The van der Waals surface area contributed by atoms with Gasteiger partial charge in [0.2, 0.25) is 5.13 Å². The fraction of sp³-hybridized carbons (Fsp3) is 0.167. The quantitative estimate of drug-likeness (QED) is 0.219. The third-order valence-corrected chi connectivity index (χ3v) is 6.69. The maximum absolute atomic E-state index is 12.4. The van der Waals surface area contributed by atoms with E-state index in [1.165, 1.54) is 22.3 Å². The van der Waals surface area contributed by atoms with Crippen molar-refractivity contribution in [2.24, 2.45) is 4.99 Å². The van der Waals surface area contributed by atoms with Crippen LogP contribution in [-0.4, -0.2) is 20.9 Å². The maximum atomic E-state index is 12.4. The third-order valence-electron chi connectivity index (χ3n) is 5.32. The van der Waals surface area contributed by atoms with E-state index in [9.17, 15) is 4.79 Å². The van der Waals surface area contributed by atoms with Crippen LogP contribution in [0, 0.1) is 0 Å². The van der Waals surface area contributed by atoms with Crippen molar-refractivity contribution in [3.63, 3.8) is 0 Å². The lowest BCUT2D eigenvalue weighted by atomic mass is 10.1. The minimum Gasteiger partial charge on any atom is -0.422 e. The van der Waals surface area contributed by atoms with Gasteiger partial charge in [-0.3, -0.25) is 0 Å². The Balaban J connectivity index is 1.29. The summed E-state index contributed by atoms with van der Waals surface area (Å²) in [5, 5.41) is 12.0. The maximum Gasteiger partial charge on any atom is 0.345 e. The van der Waals surface area contributed by atoms with Crippen LogP contribution in [0.2, 0.25) is 0 Å². The molecule has 0 fully saturated rings. The average Bonchev–Trinajstić information content (AvgIpc) is 3.40.